The number of amides is 1. The molecule has 3 aromatic rings. The van der Waals surface area contributed by atoms with E-state index in [4.69, 9.17) is 9.47 Å². The SMILES string of the molecule is CC(C)(C)OC(=O)N1CCC[C@@H](n2cc(-c3ccc(Oc4c(F)cccc4F)cc3)c(C#N)c2C(=O)O)C1. The number of carboxylic acid groups (broad SMARTS) is 1. The van der Waals surface area contributed by atoms with Gasteiger partial charge in [0.25, 0.3) is 0 Å². The second-order valence-electron chi connectivity index (χ2n) is 9.99. The molecule has 0 radical (unpaired) electrons. The molecule has 1 N–H and O–H groups in total. The third kappa shape index (κ3) is 5.62. The van der Waals surface area contributed by atoms with Crippen molar-refractivity contribution in [2.24, 2.45) is 0 Å². The summed E-state index contributed by atoms with van der Waals surface area (Å²) < 4.78 is 40.3. The van der Waals surface area contributed by atoms with E-state index in [0.29, 0.717) is 30.5 Å². The molecule has 1 amide bonds. The van der Waals surface area contributed by atoms with Gasteiger partial charge in [-0.1, -0.05) is 18.2 Å². The molecule has 8 nitrogen and oxygen atoms in total. The molecule has 1 aromatic heterocycles. The first-order chi connectivity index (χ1) is 18.0. The summed E-state index contributed by atoms with van der Waals surface area (Å²) in [6.07, 6.45) is 2.36. The molecule has 38 heavy (non-hydrogen) atoms. The van der Waals surface area contributed by atoms with E-state index in [0.717, 1.165) is 12.1 Å². The van der Waals surface area contributed by atoms with Crippen molar-refractivity contribution in [2.45, 2.75) is 45.3 Å². The largest absolute Gasteiger partial charge is 0.477 e. The second-order valence-corrected chi connectivity index (χ2v) is 9.99. The van der Waals surface area contributed by atoms with Gasteiger partial charge in [-0.05, 0) is 63.4 Å². The van der Waals surface area contributed by atoms with Crippen molar-refractivity contribution in [1.29, 1.82) is 5.26 Å². The minimum absolute atomic E-state index is 0.0271. The highest BCUT2D eigenvalue weighted by molar-refractivity contribution is 5.93. The highest BCUT2D eigenvalue weighted by Gasteiger charge is 2.32. The van der Waals surface area contributed by atoms with Crippen LogP contribution in [0.25, 0.3) is 11.1 Å². The Labute approximate surface area is 218 Å². The van der Waals surface area contributed by atoms with Crippen LogP contribution in [0, 0.1) is 23.0 Å². The standard InChI is InChI=1S/C28H27F2N3O5/c1-28(2,3)38-27(36)32-13-5-6-18(15-32)33-16-21(20(14-31)24(33)26(34)35)17-9-11-19(12-10-17)37-25-22(29)7-4-8-23(25)30/h4,7-12,16,18H,5-6,13,15H2,1-3H3,(H,34,35)/t18-/m1/s1. The Kier molecular flexibility index (Phi) is 7.39. The van der Waals surface area contributed by atoms with Crippen LogP contribution in [0.5, 0.6) is 11.5 Å². The normalized spacial score (nSPS) is 15.6. The average molecular weight is 524 g/mol. The summed E-state index contributed by atoms with van der Waals surface area (Å²) in [5.41, 5.74) is 0.0265. The number of para-hydroxylation sites is 1. The number of nitriles is 1. The molecule has 1 saturated heterocycles. The van der Waals surface area contributed by atoms with Crippen LogP contribution < -0.4 is 4.74 Å². The molecular formula is C28H27F2N3O5. The van der Waals surface area contributed by atoms with E-state index in [1.165, 1.54) is 22.8 Å². The molecule has 0 saturated carbocycles. The number of hydrogen-bond acceptors (Lipinski definition) is 5. The monoisotopic (exact) mass is 523 g/mol. The lowest BCUT2D eigenvalue weighted by Crippen LogP contribution is -2.43. The van der Waals surface area contributed by atoms with Gasteiger partial charge < -0.3 is 24.0 Å². The van der Waals surface area contributed by atoms with Crippen LogP contribution in [0.2, 0.25) is 0 Å². The minimum atomic E-state index is -1.27. The maximum Gasteiger partial charge on any atom is 0.410 e. The first-order valence-corrected chi connectivity index (χ1v) is 12.1. The zero-order valence-corrected chi connectivity index (χ0v) is 21.2. The Balaban J connectivity index is 1.64. The molecule has 198 valence electrons. The van der Waals surface area contributed by atoms with E-state index in [1.54, 1.807) is 44.0 Å². The van der Waals surface area contributed by atoms with Crippen LogP contribution in [0.15, 0.2) is 48.7 Å². The summed E-state index contributed by atoms with van der Waals surface area (Å²) >= 11 is 0. The van der Waals surface area contributed by atoms with E-state index in [2.05, 4.69) is 0 Å². The van der Waals surface area contributed by atoms with Gasteiger partial charge in [0.05, 0.1) is 11.6 Å². The fourth-order valence-electron chi connectivity index (χ4n) is 4.44. The molecule has 2 aromatic carbocycles. The van der Waals surface area contributed by atoms with Gasteiger partial charge in [0, 0.05) is 24.8 Å². The molecule has 1 atom stereocenters. The lowest BCUT2D eigenvalue weighted by molar-refractivity contribution is 0.0172. The summed E-state index contributed by atoms with van der Waals surface area (Å²) in [5, 5.41) is 19.9. The molecule has 0 bridgehead atoms. The van der Waals surface area contributed by atoms with E-state index < -0.39 is 35.0 Å². The number of aromatic nitrogens is 1. The number of ether oxygens (including phenoxy) is 2. The summed E-state index contributed by atoms with van der Waals surface area (Å²) in [4.78, 5) is 26.4. The van der Waals surface area contributed by atoms with Crippen molar-refractivity contribution < 1.29 is 33.0 Å². The van der Waals surface area contributed by atoms with Crippen molar-refractivity contribution in [3.8, 4) is 28.7 Å². The predicted octanol–water partition coefficient (Wildman–Crippen LogP) is 6.37. The number of nitrogens with zero attached hydrogens (tertiary/aromatic N) is 3. The van der Waals surface area contributed by atoms with Crippen molar-refractivity contribution >= 4 is 12.1 Å². The first kappa shape index (κ1) is 26.7. The van der Waals surface area contributed by atoms with Crippen molar-refractivity contribution in [2.75, 3.05) is 13.1 Å². The van der Waals surface area contributed by atoms with Gasteiger partial charge in [0.2, 0.25) is 0 Å². The Morgan fingerprint density at radius 3 is 2.34 bits per heavy atom. The Morgan fingerprint density at radius 2 is 1.76 bits per heavy atom. The highest BCUT2D eigenvalue weighted by atomic mass is 19.1. The summed E-state index contributed by atoms with van der Waals surface area (Å²) in [5.74, 6) is -3.34. The molecule has 0 unspecified atom stereocenters. The van der Waals surface area contributed by atoms with Gasteiger partial charge in [-0.3, -0.25) is 0 Å². The molecule has 0 spiro atoms. The van der Waals surface area contributed by atoms with E-state index >= 15 is 0 Å². The number of likely N-dealkylation sites (tertiary alicyclic amines) is 1. The van der Waals surface area contributed by atoms with Gasteiger partial charge in [-0.25, -0.2) is 18.4 Å². The molecule has 2 heterocycles. The van der Waals surface area contributed by atoms with Crippen molar-refractivity contribution in [1.82, 2.24) is 9.47 Å². The molecule has 1 aliphatic heterocycles. The fourth-order valence-corrected chi connectivity index (χ4v) is 4.44. The summed E-state index contributed by atoms with van der Waals surface area (Å²) in [6, 6.07) is 11.1. The van der Waals surface area contributed by atoms with E-state index in [-0.39, 0.29) is 29.6 Å². The number of aromatic carboxylic acids is 1. The number of carbonyl (C=O) groups is 2. The number of halogens is 2. The average Bonchev–Trinajstić information content (AvgIpc) is 3.26. The number of rotatable bonds is 5. The van der Waals surface area contributed by atoms with Gasteiger partial charge >= 0.3 is 12.1 Å². The maximum atomic E-state index is 13.9. The quantitative estimate of drug-likeness (QED) is 0.417. The van der Waals surface area contributed by atoms with Crippen LogP contribution in [-0.4, -0.2) is 45.3 Å². The Bertz CT molecular complexity index is 1380. The number of hydrogen-bond donors (Lipinski definition) is 1. The summed E-state index contributed by atoms with van der Waals surface area (Å²) in [7, 11) is 0. The van der Waals surface area contributed by atoms with Crippen LogP contribution >= 0.6 is 0 Å². The van der Waals surface area contributed by atoms with Gasteiger partial charge in [0.15, 0.2) is 17.4 Å². The first-order valence-electron chi connectivity index (χ1n) is 12.1. The van der Waals surface area contributed by atoms with Crippen molar-refractivity contribution in [3.63, 3.8) is 0 Å². The van der Waals surface area contributed by atoms with E-state index in [9.17, 15) is 28.7 Å². The third-order valence-electron chi connectivity index (χ3n) is 6.09. The zero-order chi connectivity index (χ0) is 27.6. The number of piperidine rings is 1. The number of carbonyl (C=O) groups excluding carboxylic acids is 1. The number of carboxylic acids is 1. The molecule has 1 aliphatic rings. The smallest absolute Gasteiger partial charge is 0.410 e. The van der Waals surface area contributed by atoms with E-state index in [1.807, 2.05) is 6.07 Å². The highest BCUT2D eigenvalue weighted by Crippen LogP contribution is 2.35. The topological polar surface area (TPSA) is 105 Å². The molecular weight excluding hydrogens is 496 g/mol. The molecule has 0 aliphatic carbocycles. The maximum absolute atomic E-state index is 13.9. The Hall–Kier alpha value is -4.39. The predicted molar refractivity (Wildman–Crippen MR) is 134 cm³/mol. The lowest BCUT2D eigenvalue weighted by atomic mass is 10.0. The van der Waals surface area contributed by atoms with Crippen molar-refractivity contribution in [3.05, 3.63) is 71.6 Å². The molecule has 10 heteroatoms. The second kappa shape index (κ2) is 10.5. The van der Waals surface area contributed by atoms with Gasteiger partial charge in [-0.15, -0.1) is 0 Å². The number of benzene rings is 2. The van der Waals surface area contributed by atoms with Gasteiger partial charge in [0.1, 0.15) is 23.1 Å². The molecule has 4 rings (SSSR count). The lowest BCUT2D eigenvalue weighted by Gasteiger charge is -2.35. The fraction of sp³-hybridized carbons (Fsp3) is 0.321. The summed E-state index contributed by atoms with van der Waals surface area (Å²) in [6.45, 7) is 6.03. The Morgan fingerprint density at radius 1 is 1.11 bits per heavy atom. The molecule has 1 fully saturated rings. The van der Waals surface area contributed by atoms with Crippen LogP contribution in [0.1, 0.15) is 55.7 Å². The van der Waals surface area contributed by atoms with Crippen LogP contribution in [0.3, 0.4) is 0 Å². The van der Waals surface area contributed by atoms with Crippen LogP contribution in [0.4, 0.5) is 13.6 Å². The van der Waals surface area contributed by atoms with Gasteiger partial charge in [-0.2, -0.15) is 5.26 Å². The van der Waals surface area contributed by atoms with Crippen LogP contribution in [-0.2, 0) is 4.74 Å². The minimum Gasteiger partial charge on any atom is -0.477 e. The third-order valence-corrected chi connectivity index (χ3v) is 6.09. The zero-order valence-electron chi connectivity index (χ0n) is 21.2.